The van der Waals surface area contributed by atoms with Crippen LogP contribution in [0.1, 0.15) is 54.9 Å². The lowest BCUT2D eigenvalue weighted by atomic mass is 9.94. The monoisotopic (exact) mass is 303 g/mol. The standard InChI is InChI=1S/C18H25NO3/c1-13(11-14-5-2-3-6-14)17(20)19-10-9-15-7-4-8-16(12-15)18(21)22/h4,7-8,12-14H,2-3,5-6,9-11H2,1H3,(H,19,20)(H,21,22). The minimum Gasteiger partial charge on any atom is -0.478 e. The minimum atomic E-state index is -0.920. The Balaban J connectivity index is 1.74. The molecule has 0 saturated heterocycles. The Morgan fingerprint density at radius 2 is 2.05 bits per heavy atom. The number of carboxylic acid groups (broad SMARTS) is 1. The van der Waals surface area contributed by atoms with Gasteiger partial charge in [0, 0.05) is 12.5 Å². The van der Waals surface area contributed by atoms with E-state index < -0.39 is 5.97 Å². The molecule has 0 aromatic heterocycles. The highest BCUT2D eigenvalue weighted by Crippen LogP contribution is 2.30. The number of aromatic carboxylic acids is 1. The molecule has 4 nitrogen and oxygen atoms in total. The van der Waals surface area contributed by atoms with Gasteiger partial charge in [-0.15, -0.1) is 0 Å². The van der Waals surface area contributed by atoms with Gasteiger partial charge < -0.3 is 10.4 Å². The van der Waals surface area contributed by atoms with Gasteiger partial charge in [0.05, 0.1) is 5.56 Å². The Kier molecular flexibility index (Phi) is 5.99. The van der Waals surface area contributed by atoms with Crippen molar-refractivity contribution < 1.29 is 14.7 Å². The van der Waals surface area contributed by atoms with Gasteiger partial charge in [-0.2, -0.15) is 0 Å². The van der Waals surface area contributed by atoms with E-state index in [9.17, 15) is 9.59 Å². The topological polar surface area (TPSA) is 66.4 Å². The van der Waals surface area contributed by atoms with Crippen LogP contribution < -0.4 is 5.32 Å². The summed E-state index contributed by atoms with van der Waals surface area (Å²) in [5.74, 6) is -0.0289. The van der Waals surface area contributed by atoms with E-state index in [1.807, 2.05) is 13.0 Å². The lowest BCUT2D eigenvalue weighted by Gasteiger charge is -2.16. The molecular formula is C18H25NO3. The Morgan fingerprint density at radius 3 is 2.73 bits per heavy atom. The first-order chi connectivity index (χ1) is 10.6. The minimum absolute atomic E-state index is 0.0634. The number of hydrogen-bond acceptors (Lipinski definition) is 2. The van der Waals surface area contributed by atoms with Gasteiger partial charge in [0.25, 0.3) is 0 Å². The summed E-state index contributed by atoms with van der Waals surface area (Å²) in [6, 6.07) is 6.87. The molecule has 0 heterocycles. The van der Waals surface area contributed by atoms with E-state index in [0.29, 0.717) is 24.4 Å². The molecule has 0 bridgehead atoms. The zero-order chi connectivity index (χ0) is 15.9. The van der Waals surface area contributed by atoms with Gasteiger partial charge in [-0.05, 0) is 36.5 Å². The molecule has 2 N–H and O–H groups in total. The molecule has 1 unspecified atom stereocenters. The average molecular weight is 303 g/mol. The fraction of sp³-hybridized carbons (Fsp3) is 0.556. The van der Waals surface area contributed by atoms with Gasteiger partial charge in [0.15, 0.2) is 0 Å². The predicted octanol–water partition coefficient (Wildman–Crippen LogP) is 3.26. The van der Waals surface area contributed by atoms with Crippen molar-refractivity contribution in [3.05, 3.63) is 35.4 Å². The van der Waals surface area contributed by atoms with Crippen LogP contribution in [-0.2, 0) is 11.2 Å². The fourth-order valence-electron chi connectivity index (χ4n) is 3.22. The highest BCUT2D eigenvalue weighted by molar-refractivity contribution is 5.87. The summed E-state index contributed by atoms with van der Waals surface area (Å²) in [7, 11) is 0. The Hall–Kier alpha value is -1.84. The highest BCUT2D eigenvalue weighted by Gasteiger charge is 2.21. The number of carbonyl (C=O) groups excluding carboxylic acids is 1. The number of nitrogens with one attached hydrogen (secondary N) is 1. The number of rotatable bonds is 7. The van der Waals surface area contributed by atoms with Gasteiger partial charge in [-0.25, -0.2) is 4.79 Å². The van der Waals surface area contributed by atoms with E-state index in [1.165, 1.54) is 25.7 Å². The molecule has 1 amide bonds. The van der Waals surface area contributed by atoms with Crippen molar-refractivity contribution >= 4 is 11.9 Å². The molecule has 22 heavy (non-hydrogen) atoms. The van der Waals surface area contributed by atoms with Crippen LogP contribution in [0, 0.1) is 11.8 Å². The SMILES string of the molecule is CC(CC1CCCC1)C(=O)NCCc1cccc(C(=O)O)c1. The number of benzene rings is 1. The van der Waals surface area contributed by atoms with Crippen LogP contribution >= 0.6 is 0 Å². The summed E-state index contributed by atoms with van der Waals surface area (Å²) in [6.07, 6.45) is 6.78. The smallest absolute Gasteiger partial charge is 0.335 e. The van der Waals surface area contributed by atoms with E-state index in [0.717, 1.165) is 12.0 Å². The maximum atomic E-state index is 12.1. The lowest BCUT2D eigenvalue weighted by Crippen LogP contribution is -2.31. The molecule has 1 atom stereocenters. The number of amides is 1. The van der Waals surface area contributed by atoms with E-state index in [1.54, 1.807) is 18.2 Å². The van der Waals surface area contributed by atoms with Gasteiger partial charge >= 0.3 is 5.97 Å². The molecule has 0 radical (unpaired) electrons. The second-order valence-electron chi connectivity index (χ2n) is 6.33. The third-order valence-corrected chi connectivity index (χ3v) is 4.50. The molecule has 1 aromatic rings. The van der Waals surface area contributed by atoms with Crippen LogP contribution in [0.5, 0.6) is 0 Å². The van der Waals surface area contributed by atoms with E-state index in [2.05, 4.69) is 5.32 Å². The molecule has 1 fully saturated rings. The Morgan fingerprint density at radius 1 is 1.32 bits per heavy atom. The summed E-state index contributed by atoms with van der Waals surface area (Å²) in [4.78, 5) is 23.0. The molecule has 1 aliphatic carbocycles. The van der Waals surface area contributed by atoms with Gasteiger partial charge in [0.1, 0.15) is 0 Å². The van der Waals surface area contributed by atoms with Gasteiger partial charge in [-0.1, -0.05) is 44.7 Å². The lowest BCUT2D eigenvalue weighted by molar-refractivity contribution is -0.124. The maximum absolute atomic E-state index is 12.1. The first-order valence-electron chi connectivity index (χ1n) is 8.16. The molecule has 0 spiro atoms. The van der Waals surface area contributed by atoms with Crippen LogP contribution in [0.15, 0.2) is 24.3 Å². The van der Waals surface area contributed by atoms with Crippen LogP contribution in [-0.4, -0.2) is 23.5 Å². The second kappa shape index (κ2) is 7.97. The quantitative estimate of drug-likeness (QED) is 0.812. The van der Waals surface area contributed by atoms with Crippen LogP contribution in [0.2, 0.25) is 0 Å². The van der Waals surface area contributed by atoms with Crippen molar-refractivity contribution in [1.29, 1.82) is 0 Å². The summed E-state index contributed by atoms with van der Waals surface area (Å²) in [6.45, 7) is 2.55. The Labute approximate surface area is 131 Å². The van der Waals surface area contributed by atoms with Crippen molar-refractivity contribution in [3.8, 4) is 0 Å². The summed E-state index contributed by atoms with van der Waals surface area (Å²) in [5, 5.41) is 11.9. The molecule has 1 aliphatic rings. The number of carboxylic acids is 1. The van der Waals surface area contributed by atoms with Crippen molar-refractivity contribution in [2.75, 3.05) is 6.54 Å². The van der Waals surface area contributed by atoms with Crippen molar-refractivity contribution in [3.63, 3.8) is 0 Å². The highest BCUT2D eigenvalue weighted by atomic mass is 16.4. The Bertz CT molecular complexity index is 521. The van der Waals surface area contributed by atoms with Gasteiger partial charge in [0.2, 0.25) is 5.91 Å². The zero-order valence-corrected chi connectivity index (χ0v) is 13.2. The van der Waals surface area contributed by atoms with Crippen molar-refractivity contribution in [2.45, 2.75) is 45.4 Å². The van der Waals surface area contributed by atoms with E-state index in [4.69, 9.17) is 5.11 Å². The number of carbonyl (C=O) groups is 2. The molecule has 120 valence electrons. The molecule has 0 aliphatic heterocycles. The molecule has 4 heteroatoms. The van der Waals surface area contributed by atoms with Crippen molar-refractivity contribution in [1.82, 2.24) is 5.32 Å². The molecule has 2 rings (SSSR count). The van der Waals surface area contributed by atoms with Crippen LogP contribution in [0.25, 0.3) is 0 Å². The van der Waals surface area contributed by atoms with Crippen LogP contribution in [0.3, 0.4) is 0 Å². The van der Waals surface area contributed by atoms with Crippen molar-refractivity contribution in [2.24, 2.45) is 11.8 Å². The van der Waals surface area contributed by atoms with E-state index in [-0.39, 0.29) is 11.8 Å². The van der Waals surface area contributed by atoms with Gasteiger partial charge in [-0.3, -0.25) is 4.79 Å². The first-order valence-corrected chi connectivity index (χ1v) is 8.16. The largest absolute Gasteiger partial charge is 0.478 e. The summed E-state index contributed by atoms with van der Waals surface area (Å²) in [5.41, 5.74) is 1.22. The molecule has 1 aromatic carbocycles. The number of hydrogen-bond donors (Lipinski definition) is 2. The second-order valence-corrected chi connectivity index (χ2v) is 6.33. The van der Waals surface area contributed by atoms with E-state index >= 15 is 0 Å². The summed E-state index contributed by atoms with van der Waals surface area (Å²) >= 11 is 0. The zero-order valence-electron chi connectivity index (χ0n) is 13.2. The predicted molar refractivity (Wildman–Crippen MR) is 85.9 cm³/mol. The molecular weight excluding hydrogens is 278 g/mol. The average Bonchev–Trinajstić information content (AvgIpc) is 3.00. The molecule has 1 saturated carbocycles. The van der Waals surface area contributed by atoms with Crippen LogP contribution in [0.4, 0.5) is 0 Å². The first kappa shape index (κ1) is 16.5. The third kappa shape index (κ3) is 4.86. The fourth-order valence-corrected chi connectivity index (χ4v) is 3.22. The summed E-state index contributed by atoms with van der Waals surface area (Å²) < 4.78 is 0. The normalized spacial score (nSPS) is 16.4. The third-order valence-electron chi connectivity index (χ3n) is 4.50. The maximum Gasteiger partial charge on any atom is 0.335 e.